The van der Waals surface area contributed by atoms with Gasteiger partial charge >= 0.3 is 0 Å². The third-order valence-corrected chi connectivity index (χ3v) is 4.88. The van der Waals surface area contributed by atoms with Crippen LogP contribution in [0.4, 0.5) is 0 Å². The van der Waals surface area contributed by atoms with Crippen molar-refractivity contribution in [1.82, 2.24) is 5.32 Å². The molecule has 2 aromatic rings. The minimum absolute atomic E-state index is 0.431. The number of hydrogen-bond acceptors (Lipinski definition) is 1. The molecule has 0 aromatic heterocycles. The van der Waals surface area contributed by atoms with Crippen molar-refractivity contribution in [2.45, 2.75) is 64.0 Å². The fourth-order valence-electron chi connectivity index (χ4n) is 3.69. The molecule has 1 aliphatic rings. The third kappa shape index (κ3) is 3.65. The molecular formula is C20H27N. The fourth-order valence-corrected chi connectivity index (χ4v) is 3.69. The van der Waals surface area contributed by atoms with Gasteiger partial charge in [-0.2, -0.15) is 0 Å². The van der Waals surface area contributed by atoms with Gasteiger partial charge in [0.05, 0.1) is 0 Å². The highest BCUT2D eigenvalue weighted by Crippen LogP contribution is 2.26. The van der Waals surface area contributed by atoms with Gasteiger partial charge < -0.3 is 5.32 Å². The van der Waals surface area contributed by atoms with Crippen molar-refractivity contribution in [3.63, 3.8) is 0 Å². The molecular weight excluding hydrogens is 254 g/mol. The minimum atomic E-state index is 0.431. The van der Waals surface area contributed by atoms with E-state index < -0.39 is 0 Å². The molecule has 0 aliphatic heterocycles. The third-order valence-electron chi connectivity index (χ3n) is 4.88. The first-order valence-corrected chi connectivity index (χ1v) is 8.58. The molecule has 1 saturated carbocycles. The van der Waals surface area contributed by atoms with Gasteiger partial charge in [-0.1, -0.05) is 74.6 Å². The maximum absolute atomic E-state index is 3.90. The molecule has 0 heterocycles. The Kier molecular flexibility index (Phi) is 4.92. The van der Waals surface area contributed by atoms with E-state index in [0.29, 0.717) is 12.1 Å². The molecule has 1 N–H and O–H groups in total. The van der Waals surface area contributed by atoms with E-state index in [4.69, 9.17) is 0 Å². The Morgan fingerprint density at radius 3 is 2.33 bits per heavy atom. The molecule has 112 valence electrons. The van der Waals surface area contributed by atoms with Gasteiger partial charge in [-0.15, -0.1) is 0 Å². The summed E-state index contributed by atoms with van der Waals surface area (Å²) in [6.45, 7) is 2.32. The van der Waals surface area contributed by atoms with E-state index in [9.17, 15) is 0 Å². The van der Waals surface area contributed by atoms with Gasteiger partial charge in [0.2, 0.25) is 0 Å². The van der Waals surface area contributed by atoms with Crippen molar-refractivity contribution < 1.29 is 0 Å². The maximum atomic E-state index is 3.90. The SMILES string of the molecule is CC(NC1CCCCCCC1)c1cccc2ccccc12. The second kappa shape index (κ2) is 7.09. The molecule has 1 nitrogen and oxygen atoms in total. The van der Waals surface area contributed by atoms with Crippen LogP contribution in [-0.2, 0) is 0 Å². The highest BCUT2D eigenvalue weighted by Gasteiger charge is 2.16. The van der Waals surface area contributed by atoms with E-state index in [1.807, 2.05) is 0 Å². The van der Waals surface area contributed by atoms with Crippen LogP contribution in [0.25, 0.3) is 10.8 Å². The second-order valence-electron chi connectivity index (χ2n) is 6.50. The van der Waals surface area contributed by atoms with Crippen molar-refractivity contribution in [3.05, 3.63) is 48.0 Å². The zero-order chi connectivity index (χ0) is 14.5. The summed E-state index contributed by atoms with van der Waals surface area (Å²) in [5, 5.41) is 6.64. The van der Waals surface area contributed by atoms with E-state index in [2.05, 4.69) is 54.7 Å². The summed E-state index contributed by atoms with van der Waals surface area (Å²) in [7, 11) is 0. The van der Waals surface area contributed by atoms with E-state index >= 15 is 0 Å². The number of rotatable bonds is 3. The molecule has 21 heavy (non-hydrogen) atoms. The standard InChI is InChI=1S/C20H27N/c1-16(21-18-12-5-3-2-4-6-13-18)19-15-9-11-17-10-7-8-14-20(17)19/h7-11,14-16,18,21H,2-6,12-13H2,1H3. The average Bonchev–Trinajstić information content (AvgIpc) is 2.49. The minimum Gasteiger partial charge on any atom is -0.307 e. The average molecular weight is 281 g/mol. The smallest absolute Gasteiger partial charge is 0.0300 e. The normalized spacial score (nSPS) is 19.1. The lowest BCUT2D eigenvalue weighted by Crippen LogP contribution is -2.32. The molecule has 0 bridgehead atoms. The van der Waals surface area contributed by atoms with Crippen LogP contribution in [0, 0.1) is 0 Å². The first-order valence-electron chi connectivity index (χ1n) is 8.58. The lowest BCUT2D eigenvalue weighted by Gasteiger charge is -2.26. The van der Waals surface area contributed by atoms with Crippen LogP contribution in [0.2, 0.25) is 0 Å². The predicted octanol–water partition coefficient (Wildman–Crippen LogP) is 5.60. The van der Waals surface area contributed by atoms with Crippen LogP contribution in [0.5, 0.6) is 0 Å². The molecule has 1 fully saturated rings. The highest BCUT2D eigenvalue weighted by atomic mass is 14.9. The summed E-state index contributed by atoms with van der Waals surface area (Å²) >= 11 is 0. The van der Waals surface area contributed by atoms with E-state index in [-0.39, 0.29) is 0 Å². The van der Waals surface area contributed by atoms with E-state index in [0.717, 1.165) is 0 Å². The summed E-state index contributed by atoms with van der Waals surface area (Å²) in [5.41, 5.74) is 1.44. The van der Waals surface area contributed by atoms with E-state index in [1.54, 1.807) is 0 Å². The lowest BCUT2D eigenvalue weighted by atomic mass is 9.94. The summed E-state index contributed by atoms with van der Waals surface area (Å²) in [6.07, 6.45) is 9.73. The monoisotopic (exact) mass is 281 g/mol. The Morgan fingerprint density at radius 2 is 1.52 bits per heavy atom. The molecule has 0 saturated heterocycles. The molecule has 0 radical (unpaired) electrons. The van der Waals surface area contributed by atoms with Gasteiger partial charge in [-0.05, 0) is 36.1 Å². The number of nitrogens with one attached hydrogen (secondary N) is 1. The predicted molar refractivity (Wildman–Crippen MR) is 91.6 cm³/mol. The lowest BCUT2D eigenvalue weighted by molar-refractivity contribution is 0.363. The van der Waals surface area contributed by atoms with Crippen molar-refractivity contribution in [2.24, 2.45) is 0 Å². The summed E-state index contributed by atoms with van der Waals surface area (Å²) in [5.74, 6) is 0. The summed E-state index contributed by atoms with van der Waals surface area (Å²) in [6, 6.07) is 16.5. The van der Waals surface area contributed by atoms with Gasteiger partial charge in [0, 0.05) is 12.1 Å². The Hall–Kier alpha value is -1.34. The first kappa shape index (κ1) is 14.6. The quantitative estimate of drug-likeness (QED) is 0.771. The molecule has 0 amide bonds. The Morgan fingerprint density at radius 1 is 0.857 bits per heavy atom. The molecule has 1 unspecified atom stereocenters. The van der Waals surface area contributed by atoms with Gasteiger partial charge in [0.1, 0.15) is 0 Å². The maximum Gasteiger partial charge on any atom is 0.0300 e. The number of benzene rings is 2. The largest absolute Gasteiger partial charge is 0.307 e. The van der Waals surface area contributed by atoms with Crippen LogP contribution in [0.3, 0.4) is 0 Å². The molecule has 1 aliphatic carbocycles. The van der Waals surface area contributed by atoms with Crippen LogP contribution in [-0.4, -0.2) is 6.04 Å². The number of hydrogen-bond donors (Lipinski definition) is 1. The van der Waals surface area contributed by atoms with E-state index in [1.165, 1.54) is 61.3 Å². The van der Waals surface area contributed by atoms with Crippen molar-refractivity contribution >= 4 is 10.8 Å². The molecule has 2 aromatic carbocycles. The zero-order valence-electron chi connectivity index (χ0n) is 13.1. The van der Waals surface area contributed by atoms with Crippen molar-refractivity contribution in [1.29, 1.82) is 0 Å². The van der Waals surface area contributed by atoms with Gasteiger partial charge in [-0.3, -0.25) is 0 Å². The Bertz CT molecular complexity index is 562. The van der Waals surface area contributed by atoms with Crippen LogP contribution in [0.1, 0.15) is 63.5 Å². The van der Waals surface area contributed by atoms with Gasteiger partial charge in [0.25, 0.3) is 0 Å². The van der Waals surface area contributed by atoms with Crippen molar-refractivity contribution in [2.75, 3.05) is 0 Å². The topological polar surface area (TPSA) is 12.0 Å². The second-order valence-corrected chi connectivity index (χ2v) is 6.50. The molecule has 3 rings (SSSR count). The summed E-state index contributed by atoms with van der Waals surface area (Å²) < 4.78 is 0. The van der Waals surface area contributed by atoms with Gasteiger partial charge in [0.15, 0.2) is 0 Å². The van der Waals surface area contributed by atoms with Crippen molar-refractivity contribution in [3.8, 4) is 0 Å². The molecule has 1 heteroatoms. The van der Waals surface area contributed by atoms with Gasteiger partial charge in [-0.25, -0.2) is 0 Å². The zero-order valence-corrected chi connectivity index (χ0v) is 13.1. The van der Waals surface area contributed by atoms with Crippen LogP contribution < -0.4 is 5.32 Å². The summed E-state index contributed by atoms with van der Waals surface area (Å²) in [4.78, 5) is 0. The first-order chi connectivity index (χ1) is 10.3. The Labute approximate surface area is 128 Å². The van der Waals surface area contributed by atoms with Crippen LogP contribution >= 0.6 is 0 Å². The number of fused-ring (bicyclic) bond motifs is 1. The van der Waals surface area contributed by atoms with Crippen LogP contribution in [0.15, 0.2) is 42.5 Å². The Balaban J connectivity index is 1.75. The molecule has 0 spiro atoms. The molecule has 1 atom stereocenters. The fraction of sp³-hybridized carbons (Fsp3) is 0.500. The highest BCUT2D eigenvalue weighted by molar-refractivity contribution is 5.86.